The van der Waals surface area contributed by atoms with Crippen LogP contribution in [0.1, 0.15) is 21.5 Å². The van der Waals surface area contributed by atoms with E-state index in [4.69, 9.17) is 4.74 Å². The van der Waals surface area contributed by atoms with Crippen molar-refractivity contribution in [2.75, 3.05) is 7.11 Å². The maximum atomic E-state index is 10.5. The second-order valence-electron chi connectivity index (χ2n) is 2.68. The second-order valence-corrected chi connectivity index (χ2v) is 2.68. The number of methoxy groups -OCH3 is 1. The molecule has 0 bridgehead atoms. The summed E-state index contributed by atoms with van der Waals surface area (Å²) in [5, 5.41) is 0. The number of carbonyl (C=O) groups is 1. The molecule has 0 aromatic heterocycles. The molecule has 0 saturated carbocycles. The molecule has 1 aromatic carbocycles. The fraction of sp³-hybridized carbons (Fsp3) is 0.300. The Morgan fingerprint density at radius 2 is 2.25 bits per heavy atom. The highest BCUT2D eigenvalue weighted by molar-refractivity contribution is 5.77. The molecule has 2 nitrogen and oxygen atoms in total. The van der Waals surface area contributed by atoms with Crippen molar-refractivity contribution in [3.05, 3.63) is 34.9 Å². The lowest BCUT2D eigenvalue weighted by Gasteiger charge is -2.05. The molecule has 0 aliphatic rings. The van der Waals surface area contributed by atoms with Gasteiger partial charge in [-0.15, -0.1) is 0 Å². The van der Waals surface area contributed by atoms with Crippen LogP contribution in [0.15, 0.2) is 18.2 Å². The van der Waals surface area contributed by atoms with Gasteiger partial charge in [-0.1, -0.05) is 18.2 Å². The number of benzene rings is 1. The standard InChI is InChI=1S/C10H12O2/c1-8-9(6-11)4-3-5-10(8)7-12-2/h3-6H,7H2,1-2H3. The molecule has 2 heteroatoms. The molecule has 1 rings (SSSR count). The number of carbonyl (C=O) groups excluding carboxylic acids is 1. The van der Waals surface area contributed by atoms with Crippen LogP contribution < -0.4 is 0 Å². The van der Waals surface area contributed by atoms with E-state index in [1.807, 2.05) is 25.1 Å². The van der Waals surface area contributed by atoms with E-state index in [0.717, 1.165) is 23.0 Å². The van der Waals surface area contributed by atoms with E-state index < -0.39 is 0 Å². The Hall–Kier alpha value is -1.15. The van der Waals surface area contributed by atoms with Crippen LogP contribution in [0.25, 0.3) is 0 Å². The van der Waals surface area contributed by atoms with Gasteiger partial charge in [-0.25, -0.2) is 0 Å². The average molecular weight is 164 g/mol. The predicted molar refractivity (Wildman–Crippen MR) is 47.3 cm³/mol. The van der Waals surface area contributed by atoms with Gasteiger partial charge in [-0.2, -0.15) is 0 Å². The summed E-state index contributed by atoms with van der Waals surface area (Å²) < 4.78 is 4.99. The highest BCUT2D eigenvalue weighted by Gasteiger charge is 2.01. The van der Waals surface area contributed by atoms with Crippen LogP contribution in [0, 0.1) is 6.92 Å². The lowest BCUT2D eigenvalue weighted by atomic mass is 10.0. The zero-order valence-electron chi connectivity index (χ0n) is 7.33. The molecule has 0 spiro atoms. The molecule has 0 saturated heterocycles. The van der Waals surface area contributed by atoms with Crippen LogP contribution in [0.5, 0.6) is 0 Å². The zero-order chi connectivity index (χ0) is 8.97. The van der Waals surface area contributed by atoms with Crippen molar-refractivity contribution >= 4 is 6.29 Å². The van der Waals surface area contributed by atoms with Gasteiger partial charge in [0.2, 0.25) is 0 Å². The second kappa shape index (κ2) is 4.02. The molecular formula is C10H12O2. The summed E-state index contributed by atoms with van der Waals surface area (Å²) in [7, 11) is 1.65. The summed E-state index contributed by atoms with van der Waals surface area (Å²) in [4.78, 5) is 10.5. The van der Waals surface area contributed by atoms with Gasteiger partial charge in [-0.3, -0.25) is 4.79 Å². The van der Waals surface area contributed by atoms with Gasteiger partial charge in [0, 0.05) is 12.7 Å². The number of hydrogen-bond acceptors (Lipinski definition) is 2. The fourth-order valence-corrected chi connectivity index (χ4v) is 1.14. The number of aldehydes is 1. The number of rotatable bonds is 3. The minimum atomic E-state index is 0.563. The van der Waals surface area contributed by atoms with Crippen molar-refractivity contribution in [2.24, 2.45) is 0 Å². The Morgan fingerprint density at radius 3 is 2.83 bits per heavy atom. The van der Waals surface area contributed by atoms with Crippen LogP contribution >= 0.6 is 0 Å². The van der Waals surface area contributed by atoms with Gasteiger partial charge < -0.3 is 4.74 Å². The summed E-state index contributed by atoms with van der Waals surface area (Å²) in [6, 6.07) is 5.64. The van der Waals surface area contributed by atoms with E-state index in [9.17, 15) is 4.79 Å². The molecule has 0 aliphatic heterocycles. The quantitative estimate of drug-likeness (QED) is 0.638. The van der Waals surface area contributed by atoms with Gasteiger partial charge >= 0.3 is 0 Å². The topological polar surface area (TPSA) is 26.3 Å². The van der Waals surface area contributed by atoms with Crippen molar-refractivity contribution in [1.29, 1.82) is 0 Å². The monoisotopic (exact) mass is 164 g/mol. The van der Waals surface area contributed by atoms with Crippen molar-refractivity contribution < 1.29 is 9.53 Å². The Kier molecular flexibility index (Phi) is 3.00. The van der Waals surface area contributed by atoms with E-state index in [1.54, 1.807) is 7.11 Å². The van der Waals surface area contributed by atoms with Gasteiger partial charge in [0.1, 0.15) is 6.29 Å². The predicted octanol–water partition coefficient (Wildman–Crippen LogP) is 1.95. The van der Waals surface area contributed by atoms with Crippen LogP contribution in [0.3, 0.4) is 0 Å². The van der Waals surface area contributed by atoms with E-state index in [2.05, 4.69) is 0 Å². The number of ether oxygens (including phenoxy) is 1. The molecular weight excluding hydrogens is 152 g/mol. The Morgan fingerprint density at radius 1 is 1.50 bits per heavy atom. The van der Waals surface area contributed by atoms with Gasteiger partial charge in [0.15, 0.2) is 0 Å². The molecule has 0 fully saturated rings. The Balaban J connectivity index is 3.04. The molecule has 1 aromatic rings. The van der Waals surface area contributed by atoms with Crippen molar-refractivity contribution in [1.82, 2.24) is 0 Å². The van der Waals surface area contributed by atoms with Crippen molar-refractivity contribution in [3.8, 4) is 0 Å². The SMILES string of the molecule is COCc1cccc(C=O)c1C. The fourth-order valence-electron chi connectivity index (χ4n) is 1.14. The van der Waals surface area contributed by atoms with E-state index in [-0.39, 0.29) is 0 Å². The van der Waals surface area contributed by atoms with Gasteiger partial charge in [0.25, 0.3) is 0 Å². The largest absolute Gasteiger partial charge is 0.380 e. The van der Waals surface area contributed by atoms with E-state index in [1.165, 1.54) is 0 Å². The smallest absolute Gasteiger partial charge is 0.150 e. The molecule has 0 aliphatic carbocycles. The summed E-state index contributed by atoms with van der Waals surface area (Å²) >= 11 is 0. The van der Waals surface area contributed by atoms with Crippen LogP contribution in [0.2, 0.25) is 0 Å². The van der Waals surface area contributed by atoms with Crippen LogP contribution in [-0.2, 0) is 11.3 Å². The molecule has 12 heavy (non-hydrogen) atoms. The van der Waals surface area contributed by atoms with Crippen molar-refractivity contribution in [2.45, 2.75) is 13.5 Å². The minimum Gasteiger partial charge on any atom is -0.380 e. The third-order valence-corrected chi connectivity index (χ3v) is 1.91. The van der Waals surface area contributed by atoms with E-state index >= 15 is 0 Å². The highest BCUT2D eigenvalue weighted by Crippen LogP contribution is 2.12. The molecule has 0 amide bonds. The normalized spacial score (nSPS) is 9.83. The van der Waals surface area contributed by atoms with Gasteiger partial charge in [0.05, 0.1) is 6.61 Å². The van der Waals surface area contributed by atoms with Crippen molar-refractivity contribution in [3.63, 3.8) is 0 Å². The Labute approximate surface area is 72.2 Å². The molecule has 64 valence electrons. The summed E-state index contributed by atoms with van der Waals surface area (Å²) in [6.07, 6.45) is 0.870. The lowest BCUT2D eigenvalue weighted by molar-refractivity contribution is 0.112. The molecule has 0 radical (unpaired) electrons. The number of hydrogen-bond donors (Lipinski definition) is 0. The maximum absolute atomic E-state index is 10.5. The minimum absolute atomic E-state index is 0.563. The van der Waals surface area contributed by atoms with E-state index in [0.29, 0.717) is 6.61 Å². The summed E-state index contributed by atoms with van der Waals surface area (Å²) in [5.74, 6) is 0. The first-order chi connectivity index (χ1) is 5.79. The van der Waals surface area contributed by atoms with Crippen LogP contribution in [0.4, 0.5) is 0 Å². The third kappa shape index (κ3) is 1.71. The molecule has 0 heterocycles. The highest BCUT2D eigenvalue weighted by atomic mass is 16.5. The Bertz CT molecular complexity index is 279. The summed E-state index contributed by atoms with van der Waals surface area (Å²) in [6.45, 7) is 2.49. The third-order valence-electron chi connectivity index (χ3n) is 1.91. The maximum Gasteiger partial charge on any atom is 0.150 e. The first-order valence-electron chi connectivity index (χ1n) is 3.82. The molecule has 0 N–H and O–H groups in total. The first-order valence-corrected chi connectivity index (χ1v) is 3.82. The molecule has 0 unspecified atom stereocenters. The summed E-state index contributed by atoms with van der Waals surface area (Å²) in [5.41, 5.74) is 2.82. The molecule has 0 atom stereocenters. The van der Waals surface area contributed by atoms with Crippen LogP contribution in [-0.4, -0.2) is 13.4 Å². The zero-order valence-corrected chi connectivity index (χ0v) is 7.33. The lowest BCUT2D eigenvalue weighted by Crippen LogP contribution is -1.95. The average Bonchev–Trinajstić information content (AvgIpc) is 2.09. The van der Waals surface area contributed by atoms with Gasteiger partial charge in [-0.05, 0) is 18.1 Å². The first kappa shape index (κ1) is 8.94.